The van der Waals surface area contributed by atoms with Gasteiger partial charge in [0.1, 0.15) is 17.9 Å². The van der Waals surface area contributed by atoms with Crippen LogP contribution in [0.5, 0.6) is 0 Å². The summed E-state index contributed by atoms with van der Waals surface area (Å²) in [6, 6.07) is 7.44. The third kappa shape index (κ3) is 3.79. The quantitative estimate of drug-likeness (QED) is 0.749. The van der Waals surface area contributed by atoms with Crippen LogP contribution in [0.3, 0.4) is 0 Å². The van der Waals surface area contributed by atoms with Crippen LogP contribution in [-0.2, 0) is 27.1 Å². The molecule has 7 nitrogen and oxygen atoms in total. The Kier molecular flexibility index (Phi) is 5.36. The second-order valence-corrected chi connectivity index (χ2v) is 8.38. The molecule has 32 heavy (non-hydrogen) atoms. The summed E-state index contributed by atoms with van der Waals surface area (Å²) in [4.78, 5) is 44.9. The van der Waals surface area contributed by atoms with Gasteiger partial charge in [0.2, 0.25) is 11.8 Å². The number of alkyl halides is 3. The van der Waals surface area contributed by atoms with Gasteiger partial charge in [-0.1, -0.05) is 23.7 Å². The van der Waals surface area contributed by atoms with E-state index in [1.807, 2.05) is 0 Å². The minimum Gasteiger partial charge on any atom is -0.369 e. The van der Waals surface area contributed by atoms with Crippen molar-refractivity contribution >= 4 is 35.1 Å². The number of hydrogen-bond acceptors (Lipinski definition) is 4. The lowest BCUT2D eigenvalue weighted by Gasteiger charge is -2.56. The molecule has 2 aromatic rings. The average molecular weight is 467 g/mol. The van der Waals surface area contributed by atoms with Crippen LogP contribution >= 0.6 is 11.6 Å². The normalized spacial score (nSPS) is 23.4. The molecule has 4 rings (SSSR count). The van der Waals surface area contributed by atoms with Crippen LogP contribution in [-0.4, -0.2) is 39.7 Å². The van der Waals surface area contributed by atoms with Crippen LogP contribution in [0.2, 0.25) is 5.02 Å². The molecule has 1 aromatic heterocycles. The van der Waals surface area contributed by atoms with Gasteiger partial charge in [0, 0.05) is 18.7 Å². The molecule has 1 spiro atoms. The highest BCUT2D eigenvalue weighted by Gasteiger charge is 2.61. The first kappa shape index (κ1) is 22.1. The first-order chi connectivity index (χ1) is 15.0. The Morgan fingerprint density at radius 3 is 2.34 bits per heavy atom. The Hall–Kier alpha value is -3.14. The van der Waals surface area contributed by atoms with E-state index >= 15 is 0 Å². The molecule has 0 atom stereocenters. The number of nitrogens with two attached hydrogens (primary N) is 1. The lowest BCUT2D eigenvalue weighted by molar-refractivity contribution is -0.164. The van der Waals surface area contributed by atoms with E-state index in [2.05, 4.69) is 4.98 Å². The molecule has 0 bridgehead atoms. The smallest absolute Gasteiger partial charge is 0.369 e. The van der Waals surface area contributed by atoms with Crippen molar-refractivity contribution in [1.82, 2.24) is 9.88 Å². The van der Waals surface area contributed by atoms with E-state index in [0.29, 0.717) is 10.6 Å². The second-order valence-electron chi connectivity index (χ2n) is 7.94. The molecular formula is C21H18ClF3N4O3. The highest BCUT2D eigenvalue weighted by molar-refractivity contribution is 6.30. The predicted molar refractivity (Wildman–Crippen MR) is 108 cm³/mol. The number of benzene rings is 1. The van der Waals surface area contributed by atoms with E-state index in [4.69, 9.17) is 17.3 Å². The predicted octanol–water partition coefficient (Wildman–Crippen LogP) is 2.76. The lowest BCUT2D eigenvalue weighted by Crippen LogP contribution is -2.73. The average Bonchev–Trinajstić information content (AvgIpc) is 2.69. The fourth-order valence-electron chi connectivity index (χ4n) is 4.18. The second kappa shape index (κ2) is 7.77. The van der Waals surface area contributed by atoms with Crippen molar-refractivity contribution in [1.29, 1.82) is 0 Å². The zero-order chi connectivity index (χ0) is 23.3. The first-order valence-electron chi connectivity index (χ1n) is 9.71. The SMILES string of the molecule is NC(=O)[C@H]1C[C@]2(C1)C(=O)N(c1ccc(Cl)cn1)CC(=O)N2Cc1ccc(C(F)(F)F)cc1. The molecular weight excluding hydrogens is 449 g/mol. The maximum absolute atomic E-state index is 13.5. The van der Waals surface area contributed by atoms with Gasteiger partial charge in [-0.25, -0.2) is 4.98 Å². The van der Waals surface area contributed by atoms with E-state index < -0.39 is 40.9 Å². The molecule has 2 aliphatic rings. The molecule has 0 unspecified atom stereocenters. The molecule has 2 fully saturated rings. The largest absolute Gasteiger partial charge is 0.416 e. The first-order valence-corrected chi connectivity index (χ1v) is 10.1. The number of carbonyl (C=O) groups is 3. The molecule has 1 saturated carbocycles. The highest BCUT2D eigenvalue weighted by atomic mass is 35.5. The maximum Gasteiger partial charge on any atom is 0.416 e. The number of aromatic nitrogens is 1. The molecule has 1 aliphatic heterocycles. The number of piperazine rings is 1. The Labute approximate surface area is 185 Å². The van der Waals surface area contributed by atoms with Crippen molar-refractivity contribution in [3.63, 3.8) is 0 Å². The fourth-order valence-corrected chi connectivity index (χ4v) is 4.30. The van der Waals surface area contributed by atoms with Crippen LogP contribution in [0.4, 0.5) is 19.0 Å². The van der Waals surface area contributed by atoms with E-state index in [9.17, 15) is 27.6 Å². The Morgan fingerprint density at radius 2 is 1.81 bits per heavy atom. The van der Waals surface area contributed by atoms with Crippen molar-refractivity contribution in [3.8, 4) is 0 Å². The zero-order valence-electron chi connectivity index (χ0n) is 16.6. The number of pyridine rings is 1. The highest BCUT2D eigenvalue weighted by Crippen LogP contribution is 2.47. The summed E-state index contributed by atoms with van der Waals surface area (Å²) in [5, 5.41) is 0.362. The molecule has 2 N–H and O–H groups in total. The molecule has 11 heteroatoms. The summed E-state index contributed by atoms with van der Waals surface area (Å²) in [6.07, 6.45) is -3.05. The molecule has 168 valence electrons. The Morgan fingerprint density at radius 1 is 1.16 bits per heavy atom. The van der Waals surface area contributed by atoms with Gasteiger partial charge in [-0.15, -0.1) is 0 Å². The molecule has 1 aliphatic carbocycles. The topological polar surface area (TPSA) is 96.6 Å². The maximum atomic E-state index is 13.5. The van der Waals surface area contributed by atoms with Crippen LogP contribution in [0.15, 0.2) is 42.6 Å². The fraction of sp³-hybridized carbons (Fsp3) is 0.333. The van der Waals surface area contributed by atoms with Crippen molar-refractivity contribution < 1.29 is 27.6 Å². The number of halogens is 4. The van der Waals surface area contributed by atoms with Gasteiger partial charge in [-0.3, -0.25) is 19.3 Å². The van der Waals surface area contributed by atoms with E-state index in [1.165, 1.54) is 40.3 Å². The number of primary amides is 1. The van der Waals surface area contributed by atoms with Crippen LogP contribution in [0.25, 0.3) is 0 Å². The number of anilines is 1. The van der Waals surface area contributed by atoms with Crippen LogP contribution in [0.1, 0.15) is 24.0 Å². The molecule has 1 aromatic carbocycles. The van der Waals surface area contributed by atoms with E-state index in [1.54, 1.807) is 0 Å². The van der Waals surface area contributed by atoms with Crippen LogP contribution in [0, 0.1) is 5.92 Å². The van der Waals surface area contributed by atoms with Gasteiger partial charge < -0.3 is 10.6 Å². The number of rotatable bonds is 4. The summed E-state index contributed by atoms with van der Waals surface area (Å²) in [5.41, 5.74) is 3.68. The zero-order valence-corrected chi connectivity index (χ0v) is 17.4. The minimum absolute atomic E-state index is 0.0393. The lowest BCUT2D eigenvalue weighted by atomic mass is 9.65. The summed E-state index contributed by atoms with van der Waals surface area (Å²) < 4.78 is 38.6. The van der Waals surface area contributed by atoms with Gasteiger partial charge in [0.15, 0.2) is 0 Å². The summed E-state index contributed by atoms with van der Waals surface area (Å²) in [6.45, 7) is -0.368. The van der Waals surface area contributed by atoms with Gasteiger partial charge in [0.25, 0.3) is 5.91 Å². The monoisotopic (exact) mass is 466 g/mol. The number of nitrogens with zero attached hydrogens (tertiary/aromatic N) is 3. The molecule has 2 heterocycles. The van der Waals surface area contributed by atoms with Gasteiger partial charge in [0.05, 0.1) is 10.6 Å². The van der Waals surface area contributed by atoms with E-state index in [0.717, 1.165) is 12.1 Å². The third-order valence-electron chi connectivity index (χ3n) is 5.94. The Bertz CT molecular complexity index is 1070. The summed E-state index contributed by atoms with van der Waals surface area (Å²) >= 11 is 5.85. The van der Waals surface area contributed by atoms with Gasteiger partial charge >= 0.3 is 6.18 Å². The van der Waals surface area contributed by atoms with Gasteiger partial charge in [-0.05, 0) is 42.7 Å². The number of amides is 3. The van der Waals surface area contributed by atoms with Crippen molar-refractivity contribution in [2.45, 2.75) is 31.1 Å². The molecule has 0 radical (unpaired) electrons. The van der Waals surface area contributed by atoms with E-state index in [-0.39, 0.29) is 31.7 Å². The Balaban J connectivity index is 1.64. The van der Waals surface area contributed by atoms with Gasteiger partial charge in [-0.2, -0.15) is 13.2 Å². The minimum atomic E-state index is -4.48. The van der Waals surface area contributed by atoms with Crippen molar-refractivity contribution in [2.75, 3.05) is 11.4 Å². The number of carbonyl (C=O) groups excluding carboxylic acids is 3. The molecule has 3 amide bonds. The van der Waals surface area contributed by atoms with Crippen molar-refractivity contribution in [3.05, 3.63) is 58.7 Å². The summed E-state index contributed by atoms with van der Waals surface area (Å²) in [7, 11) is 0. The van der Waals surface area contributed by atoms with Crippen molar-refractivity contribution in [2.24, 2.45) is 11.7 Å². The molecule has 1 saturated heterocycles. The number of hydrogen-bond donors (Lipinski definition) is 1. The summed E-state index contributed by atoms with van der Waals surface area (Å²) in [5.74, 6) is -1.75. The van der Waals surface area contributed by atoms with Crippen LogP contribution < -0.4 is 10.6 Å². The standard InChI is InChI=1S/C21H18ClF3N4O3/c22-15-5-6-16(27-9-15)28-11-17(30)29(20(19(28)32)7-13(8-20)18(26)31)10-12-1-3-14(4-2-12)21(23,24)25/h1-6,9,13H,7-8,10-11H2,(H2,26,31)/t13-,20-. The third-order valence-corrected chi connectivity index (χ3v) is 6.16.